The molecule has 0 amide bonds. The van der Waals surface area contributed by atoms with Gasteiger partial charge in [0.05, 0.1) is 5.69 Å². The van der Waals surface area contributed by atoms with Crippen LogP contribution in [0.2, 0.25) is 0 Å². The average Bonchev–Trinajstić information content (AvgIpc) is 3.08. The number of hydrogen-bond acceptors (Lipinski definition) is 2. The SMILES string of the molecule is CCCNC(CCc1cc(C)nn1CC)C1CCCC1. The van der Waals surface area contributed by atoms with Gasteiger partial charge in [-0.05, 0) is 64.5 Å². The number of nitrogens with zero attached hydrogens (tertiary/aromatic N) is 2. The van der Waals surface area contributed by atoms with Crippen molar-refractivity contribution in [1.29, 1.82) is 0 Å². The van der Waals surface area contributed by atoms with Gasteiger partial charge in [-0.3, -0.25) is 4.68 Å². The van der Waals surface area contributed by atoms with E-state index < -0.39 is 0 Å². The van der Waals surface area contributed by atoms with Crippen molar-refractivity contribution in [3.05, 3.63) is 17.5 Å². The van der Waals surface area contributed by atoms with E-state index in [1.807, 2.05) is 0 Å². The third kappa shape index (κ3) is 4.08. The van der Waals surface area contributed by atoms with E-state index in [1.165, 1.54) is 44.2 Å². The Morgan fingerprint density at radius 1 is 1.35 bits per heavy atom. The van der Waals surface area contributed by atoms with Crippen molar-refractivity contribution in [2.75, 3.05) is 6.54 Å². The first-order valence-corrected chi connectivity index (χ1v) is 8.51. The number of aryl methyl sites for hydroxylation is 3. The maximum absolute atomic E-state index is 4.56. The fourth-order valence-electron chi connectivity index (χ4n) is 3.57. The lowest BCUT2D eigenvalue weighted by atomic mass is 9.93. The molecule has 0 saturated heterocycles. The molecule has 1 aliphatic carbocycles. The third-order valence-corrected chi connectivity index (χ3v) is 4.62. The first-order chi connectivity index (χ1) is 9.74. The predicted octanol–water partition coefficient (Wildman–Crippen LogP) is 3.70. The van der Waals surface area contributed by atoms with Crippen molar-refractivity contribution in [3.8, 4) is 0 Å². The van der Waals surface area contributed by atoms with Crippen LogP contribution in [-0.2, 0) is 13.0 Å². The summed E-state index contributed by atoms with van der Waals surface area (Å²) >= 11 is 0. The smallest absolute Gasteiger partial charge is 0.0596 e. The van der Waals surface area contributed by atoms with Gasteiger partial charge >= 0.3 is 0 Å². The second-order valence-corrected chi connectivity index (χ2v) is 6.24. The van der Waals surface area contributed by atoms with Gasteiger partial charge in [0, 0.05) is 18.3 Å². The molecule has 0 radical (unpaired) electrons. The van der Waals surface area contributed by atoms with Crippen LogP contribution in [0.1, 0.15) is 63.8 Å². The van der Waals surface area contributed by atoms with Crippen molar-refractivity contribution >= 4 is 0 Å². The summed E-state index contributed by atoms with van der Waals surface area (Å²) in [6.45, 7) is 8.68. The molecule has 1 atom stereocenters. The lowest BCUT2D eigenvalue weighted by molar-refractivity contribution is 0.338. The molecule has 1 unspecified atom stereocenters. The minimum atomic E-state index is 0.706. The zero-order valence-electron chi connectivity index (χ0n) is 13.5. The Bertz CT molecular complexity index is 391. The van der Waals surface area contributed by atoms with E-state index in [4.69, 9.17) is 0 Å². The monoisotopic (exact) mass is 277 g/mol. The first kappa shape index (κ1) is 15.6. The van der Waals surface area contributed by atoms with Gasteiger partial charge in [-0.1, -0.05) is 19.8 Å². The zero-order chi connectivity index (χ0) is 14.4. The Labute approximate surface area is 124 Å². The molecule has 1 fully saturated rings. The number of aromatic nitrogens is 2. The molecule has 20 heavy (non-hydrogen) atoms. The minimum Gasteiger partial charge on any atom is -0.314 e. The fourth-order valence-corrected chi connectivity index (χ4v) is 3.57. The van der Waals surface area contributed by atoms with Crippen LogP contribution < -0.4 is 5.32 Å². The molecule has 1 N–H and O–H groups in total. The van der Waals surface area contributed by atoms with Crippen LogP contribution in [0.5, 0.6) is 0 Å². The molecule has 1 saturated carbocycles. The number of nitrogens with one attached hydrogen (secondary N) is 1. The molecule has 1 aromatic heterocycles. The number of hydrogen-bond donors (Lipinski definition) is 1. The van der Waals surface area contributed by atoms with E-state index in [9.17, 15) is 0 Å². The van der Waals surface area contributed by atoms with Crippen molar-refractivity contribution in [2.45, 2.75) is 78.3 Å². The van der Waals surface area contributed by atoms with E-state index in [-0.39, 0.29) is 0 Å². The van der Waals surface area contributed by atoms with Gasteiger partial charge in [-0.15, -0.1) is 0 Å². The highest BCUT2D eigenvalue weighted by atomic mass is 15.3. The van der Waals surface area contributed by atoms with E-state index in [1.54, 1.807) is 0 Å². The largest absolute Gasteiger partial charge is 0.314 e. The van der Waals surface area contributed by atoms with E-state index in [0.717, 1.165) is 31.1 Å². The van der Waals surface area contributed by atoms with E-state index in [0.29, 0.717) is 6.04 Å². The molecule has 114 valence electrons. The summed E-state index contributed by atoms with van der Waals surface area (Å²) in [6.07, 6.45) is 9.36. The van der Waals surface area contributed by atoms with Crippen molar-refractivity contribution in [2.24, 2.45) is 5.92 Å². The second-order valence-electron chi connectivity index (χ2n) is 6.24. The van der Waals surface area contributed by atoms with Crippen molar-refractivity contribution < 1.29 is 0 Å². The maximum atomic E-state index is 4.56. The molecule has 0 aliphatic heterocycles. The van der Waals surface area contributed by atoms with Gasteiger partial charge in [0.25, 0.3) is 0 Å². The minimum absolute atomic E-state index is 0.706. The molecular formula is C17H31N3. The standard InChI is InChI=1S/C17H31N3/c1-4-12-18-17(15-8-6-7-9-15)11-10-16-13-14(3)19-20(16)5-2/h13,15,17-18H,4-12H2,1-3H3. The Morgan fingerprint density at radius 2 is 2.10 bits per heavy atom. The summed E-state index contributed by atoms with van der Waals surface area (Å²) in [5.74, 6) is 0.903. The molecule has 0 aromatic carbocycles. The summed E-state index contributed by atoms with van der Waals surface area (Å²) in [5, 5.41) is 8.36. The zero-order valence-corrected chi connectivity index (χ0v) is 13.5. The summed E-state index contributed by atoms with van der Waals surface area (Å²) in [4.78, 5) is 0. The normalized spacial score (nSPS) is 17.8. The second kappa shape index (κ2) is 7.82. The molecular weight excluding hydrogens is 246 g/mol. The molecule has 3 heteroatoms. The van der Waals surface area contributed by atoms with Gasteiger partial charge in [0.2, 0.25) is 0 Å². The molecule has 3 nitrogen and oxygen atoms in total. The topological polar surface area (TPSA) is 29.9 Å². The molecule has 1 aromatic rings. The summed E-state index contributed by atoms with van der Waals surface area (Å²) in [5.41, 5.74) is 2.56. The van der Waals surface area contributed by atoms with E-state index in [2.05, 4.69) is 41.9 Å². The molecule has 1 heterocycles. The van der Waals surface area contributed by atoms with Gasteiger partial charge in [-0.25, -0.2) is 0 Å². The summed E-state index contributed by atoms with van der Waals surface area (Å²) < 4.78 is 2.17. The lowest BCUT2D eigenvalue weighted by Crippen LogP contribution is -2.36. The van der Waals surface area contributed by atoms with Crippen molar-refractivity contribution in [1.82, 2.24) is 15.1 Å². The van der Waals surface area contributed by atoms with Gasteiger partial charge in [-0.2, -0.15) is 5.10 Å². The summed E-state index contributed by atoms with van der Waals surface area (Å²) in [7, 11) is 0. The van der Waals surface area contributed by atoms with Crippen LogP contribution in [0.25, 0.3) is 0 Å². The van der Waals surface area contributed by atoms with Gasteiger partial charge in [0.1, 0.15) is 0 Å². The lowest BCUT2D eigenvalue weighted by Gasteiger charge is -2.25. The molecule has 1 aliphatic rings. The fraction of sp³-hybridized carbons (Fsp3) is 0.824. The highest BCUT2D eigenvalue weighted by molar-refractivity contribution is 5.09. The Hall–Kier alpha value is -0.830. The van der Waals surface area contributed by atoms with Gasteiger partial charge in [0.15, 0.2) is 0 Å². The number of rotatable bonds is 8. The van der Waals surface area contributed by atoms with Crippen LogP contribution >= 0.6 is 0 Å². The molecule has 0 bridgehead atoms. The first-order valence-electron chi connectivity index (χ1n) is 8.51. The Balaban J connectivity index is 1.92. The highest BCUT2D eigenvalue weighted by Gasteiger charge is 2.24. The summed E-state index contributed by atoms with van der Waals surface area (Å²) in [6, 6.07) is 2.97. The van der Waals surface area contributed by atoms with Crippen LogP contribution in [0, 0.1) is 12.8 Å². The predicted molar refractivity (Wildman–Crippen MR) is 85.0 cm³/mol. The van der Waals surface area contributed by atoms with Crippen LogP contribution in [-0.4, -0.2) is 22.4 Å². The van der Waals surface area contributed by atoms with Crippen LogP contribution in [0.3, 0.4) is 0 Å². The highest BCUT2D eigenvalue weighted by Crippen LogP contribution is 2.29. The Morgan fingerprint density at radius 3 is 2.75 bits per heavy atom. The van der Waals surface area contributed by atoms with Gasteiger partial charge < -0.3 is 5.32 Å². The van der Waals surface area contributed by atoms with E-state index >= 15 is 0 Å². The average molecular weight is 277 g/mol. The quantitative estimate of drug-likeness (QED) is 0.785. The Kier molecular flexibility index (Phi) is 6.08. The molecule has 0 spiro atoms. The maximum Gasteiger partial charge on any atom is 0.0596 e. The van der Waals surface area contributed by atoms with Crippen LogP contribution in [0.4, 0.5) is 0 Å². The van der Waals surface area contributed by atoms with Crippen molar-refractivity contribution in [3.63, 3.8) is 0 Å². The molecule has 2 rings (SSSR count). The third-order valence-electron chi connectivity index (χ3n) is 4.62. The van der Waals surface area contributed by atoms with Crippen LogP contribution in [0.15, 0.2) is 6.07 Å².